The Bertz CT molecular complexity index is 710. The number of carbonyl (C=O) groups is 2. The highest BCUT2D eigenvalue weighted by molar-refractivity contribution is 5.91. The van der Waals surface area contributed by atoms with Crippen LogP contribution in [0.4, 0.5) is 14.9 Å². The highest BCUT2D eigenvalue weighted by atomic mass is 19.1. The molecule has 2 aromatic rings. The van der Waals surface area contributed by atoms with Gasteiger partial charge in [-0.25, -0.2) is 9.18 Å². The summed E-state index contributed by atoms with van der Waals surface area (Å²) >= 11 is 0. The number of benzene rings is 1. The number of urea groups is 1. The van der Waals surface area contributed by atoms with Gasteiger partial charge < -0.3 is 20.1 Å². The monoisotopic (exact) mass is 346 g/mol. The number of halogens is 1. The van der Waals surface area contributed by atoms with E-state index in [0.29, 0.717) is 31.2 Å². The second kappa shape index (κ2) is 7.78. The van der Waals surface area contributed by atoms with Gasteiger partial charge in [-0.1, -0.05) is 5.16 Å². The number of piperidine rings is 1. The lowest BCUT2D eigenvalue weighted by Crippen LogP contribution is -2.43. The molecular formula is C17H19FN4O3. The van der Waals surface area contributed by atoms with Gasteiger partial charge in [-0.05, 0) is 43.0 Å². The van der Waals surface area contributed by atoms with Gasteiger partial charge in [0.15, 0.2) is 0 Å². The van der Waals surface area contributed by atoms with Crippen LogP contribution < -0.4 is 10.6 Å². The van der Waals surface area contributed by atoms with Crippen molar-refractivity contribution in [3.63, 3.8) is 0 Å². The molecule has 0 spiro atoms. The van der Waals surface area contributed by atoms with Crippen LogP contribution in [0.5, 0.6) is 0 Å². The van der Waals surface area contributed by atoms with Crippen molar-refractivity contribution in [2.24, 2.45) is 5.92 Å². The highest BCUT2D eigenvalue weighted by Gasteiger charge is 2.23. The second-order valence-corrected chi connectivity index (χ2v) is 5.95. The summed E-state index contributed by atoms with van der Waals surface area (Å²) < 4.78 is 17.7. The third-order valence-electron chi connectivity index (χ3n) is 4.21. The van der Waals surface area contributed by atoms with E-state index in [0.717, 1.165) is 12.8 Å². The predicted octanol–water partition coefficient (Wildman–Crippen LogP) is 2.49. The second-order valence-electron chi connectivity index (χ2n) is 5.95. The number of amides is 3. The third kappa shape index (κ3) is 4.56. The molecule has 0 aliphatic carbocycles. The molecule has 2 heterocycles. The zero-order valence-corrected chi connectivity index (χ0v) is 13.6. The van der Waals surface area contributed by atoms with Crippen LogP contribution in [0, 0.1) is 11.7 Å². The van der Waals surface area contributed by atoms with Crippen LogP contribution in [0.3, 0.4) is 0 Å². The maximum Gasteiger partial charge on any atom is 0.321 e. The van der Waals surface area contributed by atoms with Gasteiger partial charge in [0.1, 0.15) is 5.82 Å². The first-order valence-corrected chi connectivity index (χ1v) is 8.12. The minimum absolute atomic E-state index is 0.191. The molecule has 1 aliphatic heterocycles. The summed E-state index contributed by atoms with van der Waals surface area (Å²) in [6, 6.07) is 6.98. The summed E-state index contributed by atoms with van der Waals surface area (Å²) in [6.07, 6.45) is 3.02. The maximum absolute atomic E-state index is 12.9. The van der Waals surface area contributed by atoms with Crippen LogP contribution in [0.15, 0.2) is 41.1 Å². The molecule has 1 aromatic carbocycles. The van der Waals surface area contributed by atoms with Gasteiger partial charge in [-0.3, -0.25) is 4.79 Å². The molecule has 8 heteroatoms. The smallest absolute Gasteiger partial charge is 0.321 e. The van der Waals surface area contributed by atoms with Crippen molar-refractivity contribution in [2.45, 2.75) is 12.8 Å². The molecule has 0 bridgehead atoms. The summed E-state index contributed by atoms with van der Waals surface area (Å²) in [5.74, 6) is -0.127. The zero-order chi connectivity index (χ0) is 17.6. The summed E-state index contributed by atoms with van der Waals surface area (Å²) in [5, 5.41) is 9.07. The zero-order valence-electron chi connectivity index (χ0n) is 13.6. The number of hydrogen-bond acceptors (Lipinski definition) is 4. The van der Waals surface area contributed by atoms with Crippen molar-refractivity contribution in [3.05, 3.63) is 48.1 Å². The van der Waals surface area contributed by atoms with Crippen molar-refractivity contribution in [1.82, 2.24) is 15.4 Å². The minimum atomic E-state index is -0.341. The molecule has 3 amide bonds. The van der Waals surface area contributed by atoms with Crippen LogP contribution in [0.25, 0.3) is 0 Å². The first-order valence-electron chi connectivity index (χ1n) is 8.12. The molecule has 2 N–H and O–H groups in total. The molecule has 7 nitrogen and oxygen atoms in total. The van der Waals surface area contributed by atoms with Crippen molar-refractivity contribution < 1.29 is 18.5 Å². The van der Waals surface area contributed by atoms with Crippen LogP contribution in [-0.4, -0.2) is 41.6 Å². The van der Waals surface area contributed by atoms with E-state index in [1.54, 1.807) is 4.90 Å². The van der Waals surface area contributed by atoms with E-state index < -0.39 is 0 Å². The van der Waals surface area contributed by atoms with E-state index in [2.05, 4.69) is 15.8 Å². The highest BCUT2D eigenvalue weighted by Crippen LogP contribution is 2.18. The first kappa shape index (κ1) is 16.9. The summed E-state index contributed by atoms with van der Waals surface area (Å²) in [7, 11) is 0. The lowest BCUT2D eigenvalue weighted by atomic mass is 9.97. The van der Waals surface area contributed by atoms with Gasteiger partial charge in [0.25, 0.3) is 5.91 Å². The average Bonchev–Trinajstić information content (AvgIpc) is 3.17. The van der Waals surface area contributed by atoms with Crippen molar-refractivity contribution in [1.29, 1.82) is 0 Å². The molecule has 0 atom stereocenters. The van der Waals surface area contributed by atoms with Gasteiger partial charge in [-0.15, -0.1) is 0 Å². The maximum atomic E-state index is 12.9. The number of nitrogens with one attached hydrogen (secondary N) is 2. The number of anilines is 1. The Balaban J connectivity index is 1.41. The standard InChI is InChI=1S/C17H19FN4O3/c18-13-1-3-14(4-2-13)21-17(24)22-9-6-12(7-10-22)11-19-16(23)15-5-8-20-25-15/h1-5,8,12H,6-7,9-11H2,(H,19,23)(H,21,24). The minimum Gasteiger partial charge on any atom is -0.351 e. The molecule has 1 saturated heterocycles. The van der Waals surface area contributed by atoms with Crippen LogP contribution in [-0.2, 0) is 0 Å². The Labute approximate surface area is 144 Å². The molecule has 1 aliphatic rings. The molecule has 1 aromatic heterocycles. The summed E-state index contributed by atoms with van der Waals surface area (Å²) in [6.45, 7) is 1.75. The van der Waals surface area contributed by atoms with Crippen molar-refractivity contribution in [3.8, 4) is 0 Å². The first-order chi connectivity index (χ1) is 12.1. The van der Waals surface area contributed by atoms with E-state index >= 15 is 0 Å². The van der Waals surface area contributed by atoms with Gasteiger partial charge in [-0.2, -0.15) is 0 Å². The molecule has 0 unspecified atom stereocenters. The lowest BCUT2D eigenvalue weighted by molar-refractivity contribution is 0.0902. The Morgan fingerprint density at radius 1 is 1.20 bits per heavy atom. The third-order valence-corrected chi connectivity index (χ3v) is 4.21. The molecular weight excluding hydrogens is 327 g/mol. The Morgan fingerprint density at radius 2 is 1.92 bits per heavy atom. The Hall–Kier alpha value is -2.90. The van der Waals surface area contributed by atoms with E-state index in [4.69, 9.17) is 4.52 Å². The SMILES string of the molecule is O=C(NCC1CCN(C(=O)Nc2ccc(F)cc2)CC1)c1ccno1. The molecule has 0 saturated carbocycles. The van der Waals surface area contributed by atoms with Crippen molar-refractivity contribution >= 4 is 17.6 Å². The fourth-order valence-electron chi connectivity index (χ4n) is 2.73. The van der Waals surface area contributed by atoms with Crippen LogP contribution in [0.2, 0.25) is 0 Å². The number of carbonyl (C=O) groups excluding carboxylic acids is 2. The van der Waals surface area contributed by atoms with Gasteiger partial charge >= 0.3 is 6.03 Å². The number of nitrogens with zero attached hydrogens (tertiary/aromatic N) is 2. The topological polar surface area (TPSA) is 87.5 Å². The van der Waals surface area contributed by atoms with Crippen LogP contribution >= 0.6 is 0 Å². The lowest BCUT2D eigenvalue weighted by Gasteiger charge is -2.32. The van der Waals surface area contributed by atoms with Crippen molar-refractivity contribution in [2.75, 3.05) is 25.0 Å². The summed E-state index contributed by atoms with van der Waals surface area (Å²) in [4.78, 5) is 25.7. The number of likely N-dealkylation sites (tertiary alicyclic amines) is 1. The Kier molecular flexibility index (Phi) is 5.27. The molecule has 1 fully saturated rings. The quantitative estimate of drug-likeness (QED) is 0.890. The number of rotatable bonds is 4. The number of aromatic nitrogens is 1. The summed E-state index contributed by atoms with van der Waals surface area (Å²) in [5.41, 5.74) is 0.563. The largest absolute Gasteiger partial charge is 0.351 e. The van der Waals surface area contributed by atoms with E-state index in [1.807, 2.05) is 0 Å². The predicted molar refractivity (Wildman–Crippen MR) is 88.6 cm³/mol. The molecule has 132 valence electrons. The van der Waals surface area contributed by atoms with E-state index in [1.165, 1.54) is 36.5 Å². The van der Waals surface area contributed by atoms with E-state index in [9.17, 15) is 14.0 Å². The fraction of sp³-hybridized carbons (Fsp3) is 0.353. The molecule has 0 radical (unpaired) electrons. The van der Waals surface area contributed by atoms with Gasteiger partial charge in [0.05, 0.1) is 6.20 Å². The number of hydrogen-bond donors (Lipinski definition) is 2. The van der Waals surface area contributed by atoms with Gasteiger partial charge in [0, 0.05) is 31.4 Å². The van der Waals surface area contributed by atoms with E-state index in [-0.39, 0.29) is 23.5 Å². The Morgan fingerprint density at radius 3 is 2.56 bits per heavy atom. The van der Waals surface area contributed by atoms with Crippen LogP contribution in [0.1, 0.15) is 23.4 Å². The molecule has 25 heavy (non-hydrogen) atoms. The normalized spacial score (nSPS) is 15.0. The average molecular weight is 346 g/mol. The molecule has 3 rings (SSSR count). The fourth-order valence-corrected chi connectivity index (χ4v) is 2.73. The van der Waals surface area contributed by atoms with Gasteiger partial charge in [0.2, 0.25) is 5.76 Å².